The van der Waals surface area contributed by atoms with E-state index in [9.17, 15) is 9.59 Å². The Labute approximate surface area is 92.7 Å². The normalized spacial score (nSPS) is 9.67. The van der Waals surface area contributed by atoms with Crippen molar-refractivity contribution in [2.45, 2.75) is 17.7 Å². The maximum Gasteiger partial charge on any atom is 0.303 e. The fourth-order valence-electron chi connectivity index (χ4n) is 0.989. The molecule has 4 nitrogen and oxygen atoms in total. The minimum absolute atomic E-state index is 0.0159. The number of carbonyl (C=O) groups is 2. The van der Waals surface area contributed by atoms with Crippen molar-refractivity contribution >= 4 is 30.2 Å². The van der Waals surface area contributed by atoms with Crippen LogP contribution in [0.15, 0.2) is 29.2 Å². The third-order valence-corrected chi connectivity index (χ3v) is 2.02. The molecule has 80 valence electrons. The summed E-state index contributed by atoms with van der Waals surface area (Å²) in [5.74, 6) is -1.28. The van der Waals surface area contributed by atoms with E-state index in [1.54, 1.807) is 24.3 Å². The molecule has 0 aliphatic heterocycles. The molecular formula is C10H11NO3S. The number of hydrogen-bond donors (Lipinski definition) is 3. The van der Waals surface area contributed by atoms with Crippen molar-refractivity contribution in [2.75, 3.05) is 5.32 Å². The summed E-state index contributed by atoms with van der Waals surface area (Å²) in [5, 5.41) is 11.0. The Balaban J connectivity index is 2.44. The summed E-state index contributed by atoms with van der Waals surface area (Å²) >= 11 is 4.10. The SMILES string of the molecule is O=C(O)CCC(=O)Nc1ccc(S)cc1. The summed E-state index contributed by atoms with van der Waals surface area (Å²) in [5.41, 5.74) is 0.642. The highest BCUT2D eigenvalue weighted by Gasteiger charge is 2.05. The molecule has 0 radical (unpaired) electrons. The number of anilines is 1. The van der Waals surface area contributed by atoms with Gasteiger partial charge in [0.25, 0.3) is 0 Å². The van der Waals surface area contributed by atoms with Crippen LogP contribution in [0.2, 0.25) is 0 Å². The number of nitrogens with one attached hydrogen (secondary N) is 1. The van der Waals surface area contributed by atoms with Crippen LogP contribution < -0.4 is 5.32 Å². The van der Waals surface area contributed by atoms with Gasteiger partial charge in [0.1, 0.15) is 0 Å². The monoisotopic (exact) mass is 225 g/mol. The third-order valence-electron chi connectivity index (χ3n) is 1.72. The first kappa shape index (κ1) is 11.6. The second-order valence-electron chi connectivity index (χ2n) is 2.99. The highest BCUT2D eigenvalue weighted by Crippen LogP contribution is 2.12. The molecule has 1 rings (SSSR count). The number of thiol groups is 1. The molecule has 0 atom stereocenters. The van der Waals surface area contributed by atoms with Crippen LogP contribution in [-0.4, -0.2) is 17.0 Å². The van der Waals surface area contributed by atoms with Gasteiger partial charge in [0.2, 0.25) is 5.91 Å². The molecule has 0 bridgehead atoms. The van der Waals surface area contributed by atoms with Gasteiger partial charge in [0.05, 0.1) is 6.42 Å². The van der Waals surface area contributed by atoms with Crippen LogP contribution in [0.25, 0.3) is 0 Å². The number of aliphatic carboxylic acids is 1. The van der Waals surface area contributed by atoms with Gasteiger partial charge in [0, 0.05) is 17.0 Å². The Morgan fingerprint density at radius 2 is 1.80 bits per heavy atom. The van der Waals surface area contributed by atoms with Gasteiger partial charge in [-0.1, -0.05) is 0 Å². The standard InChI is InChI=1S/C10H11NO3S/c12-9(5-6-10(13)14)11-7-1-3-8(15)4-2-7/h1-4,15H,5-6H2,(H,11,12)(H,13,14). The van der Waals surface area contributed by atoms with Crippen LogP contribution in [0.1, 0.15) is 12.8 Å². The van der Waals surface area contributed by atoms with E-state index in [-0.39, 0.29) is 18.7 Å². The van der Waals surface area contributed by atoms with E-state index in [1.807, 2.05) is 0 Å². The molecule has 2 N–H and O–H groups in total. The fourth-order valence-corrected chi connectivity index (χ4v) is 1.14. The van der Waals surface area contributed by atoms with Crippen LogP contribution in [0.5, 0.6) is 0 Å². The number of carboxylic acids is 1. The molecule has 0 spiro atoms. The van der Waals surface area contributed by atoms with E-state index in [0.717, 1.165) is 4.90 Å². The summed E-state index contributed by atoms with van der Waals surface area (Å²) in [7, 11) is 0. The van der Waals surface area contributed by atoms with Crippen molar-refractivity contribution < 1.29 is 14.7 Å². The van der Waals surface area contributed by atoms with Gasteiger partial charge in [-0.05, 0) is 24.3 Å². The zero-order valence-corrected chi connectivity index (χ0v) is 8.83. The lowest BCUT2D eigenvalue weighted by Crippen LogP contribution is -2.12. The molecule has 15 heavy (non-hydrogen) atoms. The maximum absolute atomic E-state index is 11.2. The van der Waals surface area contributed by atoms with Crippen LogP contribution in [0.4, 0.5) is 5.69 Å². The first-order valence-corrected chi connectivity index (χ1v) is 4.83. The lowest BCUT2D eigenvalue weighted by molar-refractivity contribution is -0.138. The van der Waals surface area contributed by atoms with E-state index < -0.39 is 5.97 Å². The van der Waals surface area contributed by atoms with Crippen molar-refractivity contribution in [1.29, 1.82) is 0 Å². The van der Waals surface area contributed by atoms with Gasteiger partial charge in [0.15, 0.2) is 0 Å². The van der Waals surface area contributed by atoms with Crippen LogP contribution in [0.3, 0.4) is 0 Å². The number of hydrogen-bond acceptors (Lipinski definition) is 3. The number of carbonyl (C=O) groups excluding carboxylic acids is 1. The summed E-state index contributed by atoms with van der Waals surface area (Å²) < 4.78 is 0. The minimum Gasteiger partial charge on any atom is -0.481 e. The van der Waals surface area contributed by atoms with Crippen molar-refractivity contribution in [3.8, 4) is 0 Å². The van der Waals surface area contributed by atoms with Gasteiger partial charge in [-0.25, -0.2) is 0 Å². The second-order valence-corrected chi connectivity index (χ2v) is 3.51. The Kier molecular flexibility index (Phi) is 4.17. The Hall–Kier alpha value is -1.49. The second kappa shape index (κ2) is 5.41. The van der Waals surface area contributed by atoms with Crippen molar-refractivity contribution in [3.05, 3.63) is 24.3 Å². The molecule has 0 fully saturated rings. The number of amides is 1. The Morgan fingerprint density at radius 3 is 2.33 bits per heavy atom. The summed E-state index contributed by atoms with van der Waals surface area (Å²) in [4.78, 5) is 22.2. The third kappa shape index (κ3) is 4.51. The molecule has 1 aromatic carbocycles. The van der Waals surface area contributed by atoms with E-state index in [0.29, 0.717) is 5.69 Å². The van der Waals surface area contributed by atoms with Gasteiger partial charge in [-0.3, -0.25) is 9.59 Å². The topological polar surface area (TPSA) is 66.4 Å². The molecule has 1 amide bonds. The molecule has 0 aromatic heterocycles. The van der Waals surface area contributed by atoms with Gasteiger partial charge < -0.3 is 10.4 Å². The Morgan fingerprint density at radius 1 is 1.20 bits per heavy atom. The zero-order valence-electron chi connectivity index (χ0n) is 7.93. The molecule has 5 heteroatoms. The largest absolute Gasteiger partial charge is 0.481 e. The number of benzene rings is 1. The average Bonchev–Trinajstić information content (AvgIpc) is 2.19. The quantitative estimate of drug-likeness (QED) is 0.684. The Bertz CT molecular complexity index is 361. The summed E-state index contributed by atoms with van der Waals surface area (Å²) in [6.07, 6.45) is -0.172. The first-order chi connectivity index (χ1) is 7.08. The van der Waals surface area contributed by atoms with Crippen LogP contribution >= 0.6 is 12.6 Å². The van der Waals surface area contributed by atoms with Gasteiger partial charge in [-0.15, -0.1) is 12.6 Å². The van der Waals surface area contributed by atoms with Crippen molar-refractivity contribution in [1.82, 2.24) is 0 Å². The summed E-state index contributed by atoms with van der Waals surface area (Å²) in [6.45, 7) is 0. The highest BCUT2D eigenvalue weighted by molar-refractivity contribution is 7.80. The predicted molar refractivity (Wildman–Crippen MR) is 59.2 cm³/mol. The van der Waals surface area contributed by atoms with Crippen molar-refractivity contribution in [3.63, 3.8) is 0 Å². The van der Waals surface area contributed by atoms with E-state index in [2.05, 4.69) is 17.9 Å². The van der Waals surface area contributed by atoms with E-state index >= 15 is 0 Å². The predicted octanol–water partition coefficient (Wildman–Crippen LogP) is 1.78. The first-order valence-electron chi connectivity index (χ1n) is 4.38. The molecule has 0 aliphatic carbocycles. The lowest BCUT2D eigenvalue weighted by Gasteiger charge is -2.03. The van der Waals surface area contributed by atoms with Gasteiger partial charge in [-0.2, -0.15) is 0 Å². The van der Waals surface area contributed by atoms with E-state index in [4.69, 9.17) is 5.11 Å². The maximum atomic E-state index is 11.2. The molecular weight excluding hydrogens is 214 g/mol. The molecule has 0 aliphatic rings. The van der Waals surface area contributed by atoms with E-state index in [1.165, 1.54) is 0 Å². The fraction of sp³-hybridized carbons (Fsp3) is 0.200. The smallest absolute Gasteiger partial charge is 0.303 e. The lowest BCUT2D eigenvalue weighted by atomic mass is 10.2. The molecule has 0 saturated carbocycles. The number of rotatable bonds is 4. The van der Waals surface area contributed by atoms with Crippen LogP contribution in [-0.2, 0) is 9.59 Å². The van der Waals surface area contributed by atoms with Gasteiger partial charge >= 0.3 is 5.97 Å². The molecule has 0 heterocycles. The molecule has 0 unspecified atom stereocenters. The molecule has 0 saturated heterocycles. The van der Waals surface area contributed by atoms with Crippen LogP contribution in [0, 0.1) is 0 Å². The zero-order chi connectivity index (χ0) is 11.3. The average molecular weight is 225 g/mol. The summed E-state index contributed by atoms with van der Waals surface area (Å²) in [6, 6.07) is 6.91. The molecule has 1 aromatic rings. The number of carboxylic acid groups (broad SMARTS) is 1. The van der Waals surface area contributed by atoms with Crippen molar-refractivity contribution in [2.24, 2.45) is 0 Å². The minimum atomic E-state index is -0.976. The highest BCUT2D eigenvalue weighted by atomic mass is 32.1.